The normalized spacial score (nSPS) is 15.0. The van der Waals surface area contributed by atoms with Crippen LogP contribution in [0.4, 0.5) is 13.2 Å². The van der Waals surface area contributed by atoms with Crippen molar-refractivity contribution in [1.29, 1.82) is 5.26 Å². The molecule has 1 aliphatic carbocycles. The Labute approximate surface area is 126 Å². The number of nitrogens with zero attached hydrogens (tertiary/aromatic N) is 4. The van der Waals surface area contributed by atoms with E-state index >= 15 is 0 Å². The molecule has 0 spiro atoms. The summed E-state index contributed by atoms with van der Waals surface area (Å²) >= 11 is 3.18. The number of aromatic nitrogens is 3. The van der Waals surface area contributed by atoms with Gasteiger partial charge >= 0.3 is 6.18 Å². The van der Waals surface area contributed by atoms with Gasteiger partial charge in [-0.25, -0.2) is 9.67 Å². The summed E-state index contributed by atoms with van der Waals surface area (Å²) in [6, 6.07) is 4.49. The van der Waals surface area contributed by atoms with Crippen molar-refractivity contribution < 1.29 is 13.2 Å². The molecule has 0 N–H and O–H groups in total. The minimum absolute atomic E-state index is 0.0468. The van der Waals surface area contributed by atoms with Crippen molar-refractivity contribution in [3.8, 4) is 11.9 Å². The lowest BCUT2D eigenvalue weighted by atomic mass is 10.2. The van der Waals surface area contributed by atoms with Gasteiger partial charge in [-0.3, -0.25) is 0 Å². The van der Waals surface area contributed by atoms with E-state index in [0.717, 1.165) is 23.6 Å². The Hall–Kier alpha value is -1.88. The quantitative estimate of drug-likeness (QED) is 0.822. The van der Waals surface area contributed by atoms with Gasteiger partial charge < -0.3 is 0 Å². The third-order valence-corrected chi connectivity index (χ3v) is 3.61. The van der Waals surface area contributed by atoms with Gasteiger partial charge in [-0.2, -0.15) is 23.5 Å². The fraction of sp³-hybridized carbons (Fsp3) is 0.308. The molecule has 2 aromatic heterocycles. The number of halogens is 4. The van der Waals surface area contributed by atoms with Crippen LogP contribution < -0.4 is 0 Å². The monoisotopic (exact) mass is 356 g/mol. The summed E-state index contributed by atoms with van der Waals surface area (Å²) in [5.74, 6) is 0.170. The predicted molar refractivity (Wildman–Crippen MR) is 70.8 cm³/mol. The Kier molecular flexibility index (Phi) is 3.24. The highest BCUT2D eigenvalue weighted by atomic mass is 79.9. The van der Waals surface area contributed by atoms with Crippen molar-refractivity contribution in [1.82, 2.24) is 14.8 Å². The molecule has 4 nitrogen and oxygen atoms in total. The number of hydrogen-bond donors (Lipinski definition) is 0. The van der Waals surface area contributed by atoms with Crippen LogP contribution in [-0.4, -0.2) is 14.8 Å². The molecule has 0 saturated heterocycles. The first kappa shape index (κ1) is 14.1. The summed E-state index contributed by atoms with van der Waals surface area (Å²) in [6.07, 6.45) is -1.44. The van der Waals surface area contributed by atoms with Crippen LogP contribution in [0.15, 0.2) is 22.8 Å². The van der Waals surface area contributed by atoms with E-state index in [0.29, 0.717) is 10.2 Å². The van der Waals surface area contributed by atoms with Crippen LogP contribution in [0.3, 0.4) is 0 Å². The van der Waals surface area contributed by atoms with Gasteiger partial charge in [-0.05, 0) is 40.9 Å². The predicted octanol–water partition coefficient (Wildman–Crippen LogP) is 3.80. The topological polar surface area (TPSA) is 54.5 Å². The first-order valence-electron chi connectivity index (χ1n) is 6.13. The van der Waals surface area contributed by atoms with Gasteiger partial charge in [-0.1, -0.05) is 0 Å². The van der Waals surface area contributed by atoms with Crippen molar-refractivity contribution in [2.45, 2.75) is 24.9 Å². The van der Waals surface area contributed by atoms with Gasteiger partial charge in [0.15, 0.2) is 11.5 Å². The maximum absolute atomic E-state index is 12.9. The summed E-state index contributed by atoms with van der Waals surface area (Å²) in [4.78, 5) is 4.05. The van der Waals surface area contributed by atoms with Gasteiger partial charge in [0.2, 0.25) is 0 Å². The van der Waals surface area contributed by atoms with E-state index in [1.54, 1.807) is 0 Å². The van der Waals surface area contributed by atoms with E-state index in [2.05, 4.69) is 26.0 Å². The van der Waals surface area contributed by atoms with Crippen molar-refractivity contribution in [2.75, 3.05) is 0 Å². The van der Waals surface area contributed by atoms with Crippen LogP contribution in [0.2, 0.25) is 0 Å². The lowest BCUT2D eigenvalue weighted by Crippen LogP contribution is -2.09. The molecule has 1 saturated carbocycles. The third kappa shape index (κ3) is 2.65. The molecular weight excluding hydrogens is 349 g/mol. The zero-order chi connectivity index (χ0) is 15.2. The SMILES string of the molecule is N#Cc1cc(Br)cnc1-n1nc(C(F)(F)F)cc1C1CC1. The molecule has 108 valence electrons. The van der Waals surface area contributed by atoms with Crippen LogP contribution in [-0.2, 0) is 6.18 Å². The summed E-state index contributed by atoms with van der Waals surface area (Å²) < 4.78 is 40.3. The Morgan fingerprint density at radius 2 is 2.05 bits per heavy atom. The third-order valence-electron chi connectivity index (χ3n) is 3.18. The average Bonchev–Trinajstić information content (AvgIpc) is 3.16. The highest BCUT2D eigenvalue weighted by Crippen LogP contribution is 2.43. The molecule has 0 bridgehead atoms. The molecule has 0 aromatic carbocycles. The Balaban J connectivity index is 2.18. The zero-order valence-electron chi connectivity index (χ0n) is 10.5. The molecule has 2 aromatic rings. The van der Waals surface area contributed by atoms with Crippen LogP contribution in [0.1, 0.15) is 35.7 Å². The van der Waals surface area contributed by atoms with Gasteiger partial charge in [0.25, 0.3) is 0 Å². The minimum atomic E-state index is -4.52. The van der Waals surface area contributed by atoms with Crippen molar-refractivity contribution >= 4 is 15.9 Å². The molecule has 8 heteroatoms. The Morgan fingerprint density at radius 3 is 2.62 bits per heavy atom. The average molecular weight is 357 g/mol. The van der Waals surface area contributed by atoms with Gasteiger partial charge in [-0.15, -0.1) is 0 Å². The van der Waals surface area contributed by atoms with Crippen LogP contribution in [0.25, 0.3) is 5.82 Å². The Morgan fingerprint density at radius 1 is 1.33 bits per heavy atom. The number of alkyl halides is 3. The number of hydrogen-bond acceptors (Lipinski definition) is 3. The molecule has 3 rings (SSSR count). The van der Waals surface area contributed by atoms with Crippen molar-refractivity contribution in [3.05, 3.63) is 39.8 Å². The lowest BCUT2D eigenvalue weighted by Gasteiger charge is -2.07. The highest BCUT2D eigenvalue weighted by Gasteiger charge is 2.38. The van der Waals surface area contributed by atoms with Crippen molar-refractivity contribution in [2.24, 2.45) is 0 Å². The number of rotatable bonds is 2. The molecular formula is C13H8BrF3N4. The first-order chi connectivity index (χ1) is 9.90. The van der Waals surface area contributed by atoms with Crippen molar-refractivity contribution in [3.63, 3.8) is 0 Å². The maximum Gasteiger partial charge on any atom is 0.435 e. The van der Waals surface area contributed by atoms with Gasteiger partial charge in [0.05, 0.1) is 5.56 Å². The zero-order valence-corrected chi connectivity index (χ0v) is 12.1. The van der Waals surface area contributed by atoms with Gasteiger partial charge in [0, 0.05) is 22.3 Å². The highest BCUT2D eigenvalue weighted by molar-refractivity contribution is 9.10. The van der Waals surface area contributed by atoms with E-state index in [9.17, 15) is 13.2 Å². The molecule has 2 heterocycles. The standard InChI is InChI=1S/C13H8BrF3N4/c14-9-3-8(5-18)12(19-6-9)21-10(7-1-2-7)4-11(20-21)13(15,16)17/h3-4,6-7H,1-2H2. The smallest absolute Gasteiger partial charge is 0.235 e. The maximum atomic E-state index is 12.9. The number of nitriles is 1. The molecule has 0 amide bonds. The van der Waals surface area contributed by atoms with Crippen LogP contribution >= 0.6 is 15.9 Å². The van der Waals surface area contributed by atoms with E-state index in [1.807, 2.05) is 6.07 Å². The summed E-state index contributed by atoms with van der Waals surface area (Å²) in [5.41, 5.74) is -0.338. The number of pyridine rings is 1. The van der Waals surface area contributed by atoms with E-state index in [-0.39, 0.29) is 17.3 Å². The van der Waals surface area contributed by atoms with Gasteiger partial charge in [0.1, 0.15) is 6.07 Å². The minimum Gasteiger partial charge on any atom is -0.235 e. The molecule has 1 aliphatic rings. The fourth-order valence-electron chi connectivity index (χ4n) is 2.06. The first-order valence-corrected chi connectivity index (χ1v) is 6.92. The molecule has 0 unspecified atom stereocenters. The molecule has 0 atom stereocenters. The summed E-state index contributed by atoms with van der Waals surface area (Å²) in [5, 5.41) is 12.8. The van der Waals surface area contributed by atoms with E-state index < -0.39 is 11.9 Å². The largest absolute Gasteiger partial charge is 0.435 e. The summed E-state index contributed by atoms with van der Waals surface area (Å²) in [6.45, 7) is 0. The second-order valence-electron chi connectivity index (χ2n) is 4.77. The Bertz CT molecular complexity index is 741. The summed E-state index contributed by atoms with van der Waals surface area (Å²) in [7, 11) is 0. The molecule has 0 aliphatic heterocycles. The van der Waals surface area contributed by atoms with Crippen LogP contribution in [0.5, 0.6) is 0 Å². The fourth-order valence-corrected chi connectivity index (χ4v) is 2.39. The lowest BCUT2D eigenvalue weighted by molar-refractivity contribution is -0.141. The molecule has 1 fully saturated rings. The molecule has 0 radical (unpaired) electrons. The van der Waals surface area contributed by atoms with E-state index in [4.69, 9.17) is 5.26 Å². The second-order valence-corrected chi connectivity index (χ2v) is 5.69. The molecule has 21 heavy (non-hydrogen) atoms. The van der Waals surface area contributed by atoms with Crippen LogP contribution in [0, 0.1) is 11.3 Å². The van der Waals surface area contributed by atoms with E-state index in [1.165, 1.54) is 12.3 Å². The second kappa shape index (κ2) is 4.84.